The Kier molecular flexibility index (Phi) is 3.01. The first kappa shape index (κ1) is 12.2. The zero-order valence-electron chi connectivity index (χ0n) is 11.1. The van der Waals surface area contributed by atoms with E-state index in [1.165, 1.54) is 0 Å². The van der Waals surface area contributed by atoms with Crippen LogP contribution in [-0.2, 0) is 9.59 Å². The molecule has 1 aliphatic carbocycles. The third kappa shape index (κ3) is 2.23. The number of para-hydroxylation sites is 1. The average Bonchev–Trinajstić information content (AvgIpc) is 3.26. The van der Waals surface area contributed by atoms with Gasteiger partial charge in [-0.25, -0.2) is 0 Å². The summed E-state index contributed by atoms with van der Waals surface area (Å²) in [6, 6.07) is 9.31. The van der Waals surface area contributed by atoms with E-state index in [9.17, 15) is 9.59 Å². The van der Waals surface area contributed by atoms with Crippen molar-refractivity contribution in [1.82, 2.24) is 4.90 Å². The molecule has 0 N–H and O–H groups in total. The molecule has 1 saturated heterocycles. The molecule has 100 valence electrons. The number of rotatable bonds is 2. The quantitative estimate of drug-likeness (QED) is 0.809. The normalized spacial score (nSPS) is 23.6. The predicted molar refractivity (Wildman–Crippen MR) is 72.7 cm³/mol. The summed E-state index contributed by atoms with van der Waals surface area (Å²) in [5.41, 5.74) is 0.915. The van der Waals surface area contributed by atoms with Gasteiger partial charge in [-0.15, -0.1) is 0 Å². The Balaban J connectivity index is 1.76. The fourth-order valence-electron chi connectivity index (χ4n) is 2.60. The fraction of sp³-hybridized carbons (Fsp3) is 0.467. The average molecular weight is 258 g/mol. The van der Waals surface area contributed by atoms with Crippen LogP contribution in [0.2, 0.25) is 0 Å². The second kappa shape index (κ2) is 4.68. The van der Waals surface area contributed by atoms with Gasteiger partial charge in [0.1, 0.15) is 6.04 Å². The monoisotopic (exact) mass is 258 g/mol. The lowest BCUT2D eigenvalue weighted by molar-refractivity contribution is -0.141. The standard InChI is InChI=1S/C15H18N2O2/c1-11-14(18)17(13-5-3-2-4-6-13)10-9-16(11)15(19)12-7-8-12/h2-6,11-12H,7-10H2,1H3/t11-/m1/s1. The number of hydrogen-bond donors (Lipinski definition) is 0. The van der Waals surface area contributed by atoms with Crippen LogP contribution in [0.5, 0.6) is 0 Å². The summed E-state index contributed by atoms with van der Waals surface area (Å²) >= 11 is 0. The molecule has 19 heavy (non-hydrogen) atoms. The molecule has 1 saturated carbocycles. The van der Waals surface area contributed by atoms with Gasteiger partial charge in [0, 0.05) is 24.7 Å². The lowest BCUT2D eigenvalue weighted by Crippen LogP contribution is -2.58. The van der Waals surface area contributed by atoms with Gasteiger partial charge in [-0.3, -0.25) is 9.59 Å². The van der Waals surface area contributed by atoms with Gasteiger partial charge in [0.15, 0.2) is 0 Å². The van der Waals surface area contributed by atoms with Crippen molar-refractivity contribution in [1.29, 1.82) is 0 Å². The van der Waals surface area contributed by atoms with Gasteiger partial charge in [-0.2, -0.15) is 0 Å². The molecule has 0 radical (unpaired) electrons. The number of benzene rings is 1. The molecule has 0 aromatic heterocycles. The molecule has 4 heteroatoms. The molecule has 2 aliphatic rings. The fourth-order valence-corrected chi connectivity index (χ4v) is 2.60. The largest absolute Gasteiger partial charge is 0.329 e. The van der Waals surface area contributed by atoms with Crippen molar-refractivity contribution in [3.63, 3.8) is 0 Å². The Morgan fingerprint density at radius 1 is 1.16 bits per heavy atom. The van der Waals surface area contributed by atoms with Crippen LogP contribution in [0.3, 0.4) is 0 Å². The van der Waals surface area contributed by atoms with Crippen LogP contribution in [0, 0.1) is 5.92 Å². The first-order chi connectivity index (χ1) is 9.18. The van der Waals surface area contributed by atoms with Crippen molar-refractivity contribution in [2.24, 2.45) is 5.92 Å². The summed E-state index contributed by atoms with van der Waals surface area (Å²) in [5.74, 6) is 0.360. The molecule has 1 aromatic rings. The van der Waals surface area contributed by atoms with E-state index < -0.39 is 0 Å². The van der Waals surface area contributed by atoms with E-state index in [1.54, 1.807) is 9.80 Å². The molecule has 1 aromatic carbocycles. The van der Waals surface area contributed by atoms with Gasteiger partial charge in [-0.1, -0.05) is 18.2 Å². The van der Waals surface area contributed by atoms with Crippen LogP contribution >= 0.6 is 0 Å². The first-order valence-electron chi connectivity index (χ1n) is 6.85. The van der Waals surface area contributed by atoms with E-state index in [-0.39, 0.29) is 23.8 Å². The molecule has 2 amide bonds. The van der Waals surface area contributed by atoms with Crippen molar-refractivity contribution in [2.45, 2.75) is 25.8 Å². The number of nitrogens with zero attached hydrogens (tertiary/aromatic N) is 2. The van der Waals surface area contributed by atoms with Crippen molar-refractivity contribution >= 4 is 17.5 Å². The maximum atomic E-state index is 12.4. The molecule has 4 nitrogen and oxygen atoms in total. The van der Waals surface area contributed by atoms with Gasteiger partial charge < -0.3 is 9.80 Å². The van der Waals surface area contributed by atoms with E-state index in [2.05, 4.69) is 0 Å². The third-order valence-electron chi connectivity index (χ3n) is 3.93. The van der Waals surface area contributed by atoms with Crippen LogP contribution in [-0.4, -0.2) is 35.8 Å². The van der Waals surface area contributed by atoms with Crippen LogP contribution < -0.4 is 4.90 Å². The SMILES string of the molecule is C[C@@H]1C(=O)N(c2ccccc2)CCN1C(=O)C1CC1. The van der Waals surface area contributed by atoms with Crippen molar-refractivity contribution in [2.75, 3.05) is 18.0 Å². The summed E-state index contributed by atoms with van der Waals surface area (Å²) in [7, 11) is 0. The molecule has 1 atom stereocenters. The Hall–Kier alpha value is -1.84. The molecule has 0 spiro atoms. The van der Waals surface area contributed by atoms with Crippen LogP contribution in [0.25, 0.3) is 0 Å². The van der Waals surface area contributed by atoms with Gasteiger partial charge >= 0.3 is 0 Å². The molecular formula is C15H18N2O2. The summed E-state index contributed by atoms with van der Waals surface area (Å²) in [6.07, 6.45) is 1.97. The molecule has 1 aliphatic heterocycles. The maximum absolute atomic E-state index is 12.4. The van der Waals surface area contributed by atoms with E-state index in [1.807, 2.05) is 37.3 Å². The van der Waals surface area contributed by atoms with Crippen LogP contribution in [0.15, 0.2) is 30.3 Å². The molecule has 2 fully saturated rings. The highest BCUT2D eigenvalue weighted by Gasteiger charge is 2.40. The molecule has 1 heterocycles. The zero-order valence-corrected chi connectivity index (χ0v) is 11.1. The predicted octanol–water partition coefficient (Wildman–Crippen LogP) is 1.66. The van der Waals surface area contributed by atoms with Gasteiger partial charge in [0.05, 0.1) is 0 Å². The van der Waals surface area contributed by atoms with E-state index in [0.717, 1.165) is 18.5 Å². The Bertz CT molecular complexity index is 496. The zero-order chi connectivity index (χ0) is 13.4. The lowest BCUT2D eigenvalue weighted by atomic mass is 10.1. The first-order valence-corrected chi connectivity index (χ1v) is 6.85. The molecule has 0 unspecified atom stereocenters. The number of hydrogen-bond acceptors (Lipinski definition) is 2. The van der Waals surface area contributed by atoms with Crippen molar-refractivity contribution in [3.05, 3.63) is 30.3 Å². The number of carbonyl (C=O) groups excluding carboxylic acids is 2. The summed E-state index contributed by atoms with van der Waals surface area (Å²) < 4.78 is 0. The Labute approximate surface area is 113 Å². The lowest BCUT2D eigenvalue weighted by Gasteiger charge is -2.39. The topological polar surface area (TPSA) is 40.6 Å². The van der Waals surface area contributed by atoms with Crippen molar-refractivity contribution in [3.8, 4) is 0 Å². The van der Waals surface area contributed by atoms with Gasteiger partial charge in [-0.05, 0) is 31.9 Å². The second-order valence-electron chi connectivity index (χ2n) is 5.31. The number of piperazine rings is 1. The second-order valence-corrected chi connectivity index (χ2v) is 5.31. The Morgan fingerprint density at radius 2 is 1.84 bits per heavy atom. The minimum atomic E-state index is -0.345. The van der Waals surface area contributed by atoms with Gasteiger partial charge in [0.2, 0.25) is 11.8 Å². The van der Waals surface area contributed by atoms with Gasteiger partial charge in [0.25, 0.3) is 0 Å². The number of amides is 2. The summed E-state index contributed by atoms with van der Waals surface area (Å²) in [6.45, 7) is 3.06. The smallest absolute Gasteiger partial charge is 0.249 e. The molecule has 0 bridgehead atoms. The van der Waals surface area contributed by atoms with Crippen LogP contribution in [0.4, 0.5) is 5.69 Å². The minimum absolute atomic E-state index is 0.0199. The molecule has 3 rings (SSSR count). The van der Waals surface area contributed by atoms with E-state index >= 15 is 0 Å². The van der Waals surface area contributed by atoms with Crippen molar-refractivity contribution < 1.29 is 9.59 Å². The summed E-state index contributed by atoms with van der Waals surface area (Å²) in [4.78, 5) is 28.1. The van der Waals surface area contributed by atoms with E-state index in [4.69, 9.17) is 0 Å². The van der Waals surface area contributed by atoms with E-state index in [0.29, 0.717) is 13.1 Å². The highest BCUT2D eigenvalue weighted by Crippen LogP contribution is 2.32. The minimum Gasteiger partial charge on any atom is -0.329 e. The highest BCUT2D eigenvalue weighted by atomic mass is 16.2. The highest BCUT2D eigenvalue weighted by molar-refractivity contribution is 6.00. The third-order valence-corrected chi connectivity index (χ3v) is 3.93. The maximum Gasteiger partial charge on any atom is 0.249 e. The van der Waals surface area contributed by atoms with Crippen LogP contribution in [0.1, 0.15) is 19.8 Å². The number of carbonyl (C=O) groups is 2. The Morgan fingerprint density at radius 3 is 2.47 bits per heavy atom. The summed E-state index contributed by atoms with van der Waals surface area (Å²) in [5, 5.41) is 0. The molecular weight excluding hydrogens is 240 g/mol. The number of anilines is 1.